The lowest BCUT2D eigenvalue weighted by molar-refractivity contribution is 0.0208. The summed E-state index contributed by atoms with van der Waals surface area (Å²) >= 11 is 6.65. The van der Waals surface area contributed by atoms with Gasteiger partial charge in [0.2, 0.25) is 10.0 Å². The van der Waals surface area contributed by atoms with Crippen LogP contribution >= 0.6 is 11.6 Å². The predicted octanol–water partition coefficient (Wildman–Crippen LogP) is 9.51. The van der Waals surface area contributed by atoms with Crippen LogP contribution < -0.4 is 0 Å². The van der Waals surface area contributed by atoms with Gasteiger partial charge in [-0.3, -0.25) is 4.98 Å². The standard InChI is InChI=1S/C47H47ClN4O3S/c1-3-46(53,43-32-51(33-50-43)47(37-14-7-4-8-15-37,38-16-9-5-10-17-38)39-18-11-6-12-19-39)26-23-35-30-36-31-40(48)21-22-41(36)44(45-42(35)20-13-27-49-45)34-24-28-52(29-25-34)56(2,54)55/h4-22,27,30-34,44,53H,3,23-26,28-29H2,1-2H3. The average Bonchev–Trinajstić information content (AvgIpc) is 3.68. The number of fused-ring (bicyclic) bond motifs is 2. The Hall–Kier alpha value is -4.86. The Bertz CT molecular complexity index is 2350. The van der Waals surface area contributed by atoms with Crippen LogP contribution in [0.25, 0.3) is 11.6 Å². The topological polar surface area (TPSA) is 88.3 Å². The highest BCUT2D eigenvalue weighted by atomic mass is 35.5. The van der Waals surface area contributed by atoms with E-state index in [-0.39, 0.29) is 11.8 Å². The number of aliphatic hydroxyl groups is 1. The highest BCUT2D eigenvalue weighted by Gasteiger charge is 2.41. The summed E-state index contributed by atoms with van der Waals surface area (Å²) in [4.78, 5) is 10.0. The van der Waals surface area contributed by atoms with Crippen LogP contribution in [0, 0.1) is 5.92 Å². The Labute approximate surface area is 335 Å². The van der Waals surface area contributed by atoms with Crippen molar-refractivity contribution < 1.29 is 13.5 Å². The minimum absolute atomic E-state index is 0.0308. The Morgan fingerprint density at radius 2 is 1.43 bits per heavy atom. The number of aromatic nitrogens is 3. The van der Waals surface area contributed by atoms with E-state index in [4.69, 9.17) is 21.6 Å². The number of nitrogens with zero attached hydrogens (tertiary/aromatic N) is 4. The maximum Gasteiger partial charge on any atom is 0.211 e. The molecule has 1 N–H and O–H groups in total. The van der Waals surface area contributed by atoms with Crippen molar-refractivity contribution in [3.05, 3.63) is 190 Å². The third-order valence-corrected chi connectivity index (χ3v) is 13.6. The molecular formula is C47H47ClN4O3S. The van der Waals surface area contributed by atoms with Crippen molar-refractivity contribution in [1.29, 1.82) is 0 Å². The first-order chi connectivity index (χ1) is 27.1. The van der Waals surface area contributed by atoms with Gasteiger partial charge in [-0.2, -0.15) is 0 Å². The van der Waals surface area contributed by atoms with Gasteiger partial charge in [0.1, 0.15) is 11.1 Å². The fourth-order valence-corrected chi connectivity index (χ4v) is 10.1. The van der Waals surface area contributed by atoms with Gasteiger partial charge in [0, 0.05) is 36.4 Å². The first kappa shape index (κ1) is 38.0. The van der Waals surface area contributed by atoms with Crippen LogP contribution in [0.2, 0.25) is 5.02 Å². The number of pyridine rings is 1. The highest BCUT2D eigenvalue weighted by Crippen LogP contribution is 2.47. The second-order valence-corrected chi connectivity index (χ2v) is 17.6. The van der Waals surface area contributed by atoms with Gasteiger partial charge in [-0.1, -0.05) is 128 Å². The van der Waals surface area contributed by atoms with Crippen LogP contribution in [0.4, 0.5) is 0 Å². The Kier molecular flexibility index (Phi) is 10.6. The number of hydrogen-bond acceptors (Lipinski definition) is 5. The van der Waals surface area contributed by atoms with Gasteiger partial charge >= 0.3 is 0 Å². The number of imidazole rings is 1. The number of halogens is 1. The minimum atomic E-state index is -3.26. The highest BCUT2D eigenvalue weighted by molar-refractivity contribution is 7.88. The Morgan fingerprint density at radius 1 is 0.821 bits per heavy atom. The monoisotopic (exact) mass is 782 g/mol. The van der Waals surface area contributed by atoms with Crippen molar-refractivity contribution in [2.75, 3.05) is 19.3 Å². The molecule has 1 fully saturated rings. The summed E-state index contributed by atoms with van der Waals surface area (Å²) in [6.45, 7) is 2.99. The van der Waals surface area contributed by atoms with Crippen LogP contribution in [-0.2, 0) is 21.2 Å². The molecule has 7 nitrogen and oxygen atoms in total. The first-order valence-corrected chi connectivity index (χ1v) is 21.7. The second-order valence-electron chi connectivity index (χ2n) is 15.2. The summed E-state index contributed by atoms with van der Waals surface area (Å²) in [5, 5.41) is 13.3. The summed E-state index contributed by atoms with van der Waals surface area (Å²) in [6.07, 6.45) is 12.2. The molecule has 2 atom stereocenters. The van der Waals surface area contributed by atoms with Crippen molar-refractivity contribution in [2.24, 2.45) is 5.92 Å². The van der Waals surface area contributed by atoms with E-state index in [1.165, 1.54) is 6.26 Å². The molecule has 2 aromatic heterocycles. The number of sulfonamides is 1. The van der Waals surface area contributed by atoms with Gasteiger partial charge in [-0.15, -0.1) is 0 Å². The van der Waals surface area contributed by atoms with E-state index in [9.17, 15) is 13.5 Å². The zero-order chi connectivity index (χ0) is 38.9. The molecule has 2 aliphatic rings. The third kappa shape index (κ3) is 7.05. The van der Waals surface area contributed by atoms with Gasteiger partial charge in [0.05, 0.1) is 24.0 Å². The average molecular weight is 783 g/mol. The molecule has 3 heterocycles. The molecular weight excluding hydrogens is 736 g/mol. The molecule has 6 aromatic rings. The normalized spacial score (nSPS) is 17.6. The molecule has 0 amide bonds. The number of benzene rings is 4. The van der Waals surface area contributed by atoms with Gasteiger partial charge in [-0.25, -0.2) is 17.7 Å². The fourth-order valence-electron chi connectivity index (χ4n) is 9.09. The van der Waals surface area contributed by atoms with Crippen LogP contribution in [0.5, 0.6) is 0 Å². The van der Waals surface area contributed by atoms with E-state index in [2.05, 4.69) is 95.6 Å². The third-order valence-electron chi connectivity index (χ3n) is 12.0. The van der Waals surface area contributed by atoms with Crippen molar-refractivity contribution in [3.63, 3.8) is 0 Å². The quantitative estimate of drug-likeness (QED) is 0.132. The van der Waals surface area contributed by atoms with Crippen molar-refractivity contribution >= 4 is 33.3 Å². The Morgan fingerprint density at radius 3 is 2.00 bits per heavy atom. The Balaban J connectivity index is 1.17. The van der Waals surface area contributed by atoms with Crippen molar-refractivity contribution in [1.82, 2.24) is 18.8 Å². The molecule has 4 aromatic carbocycles. The van der Waals surface area contributed by atoms with Crippen molar-refractivity contribution in [3.8, 4) is 0 Å². The molecule has 0 radical (unpaired) electrons. The number of rotatable bonds is 11. The summed E-state index contributed by atoms with van der Waals surface area (Å²) in [7, 11) is -3.26. The smallest absolute Gasteiger partial charge is 0.211 e. The summed E-state index contributed by atoms with van der Waals surface area (Å²) in [6, 6.07) is 41.6. The second kappa shape index (κ2) is 15.6. The van der Waals surface area contributed by atoms with Gasteiger partial charge in [0.25, 0.3) is 0 Å². The molecule has 0 saturated carbocycles. The molecule has 2 unspecified atom stereocenters. The maximum absolute atomic E-state index is 12.6. The number of allylic oxidation sites excluding steroid dienone is 1. The largest absolute Gasteiger partial charge is 0.383 e. The lowest BCUT2D eigenvalue weighted by Crippen LogP contribution is -2.39. The summed E-state index contributed by atoms with van der Waals surface area (Å²) < 4.78 is 28.5. The van der Waals surface area contributed by atoms with E-state index in [0.29, 0.717) is 43.1 Å². The van der Waals surface area contributed by atoms with Crippen LogP contribution in [0.3, 0.4) is 0 Å². The van der Waals surface area contributed by atoms with Crippen LogP contribution in [0.15, 0.2) is 140 Å². The molecule has 1 aliphatic carbocycles. The summed E-state index contributed by atoms with van der Waals surface area (Å²) in [5.41, 5.74) is 7.19. The lowest BCUT2D eigenvalue weighted by Gasteiger charge is -2.37. The molecule has 286 valence electrons. The van der Waals surface area contributed by atoms with Gasteiger partial charge in [0.15, 0.2) is 0 Å². The van der Waals surface area contributed by atoms with E-state index < -0.39 is 21.2 Å². The van der Waals surface area contributed by atoms with Gasteiger partial charge in [-0.05, 0) is 95.2 Å². The first-order valence-electron chi connectivity index (χ1n) is 19.5. The number of hydrogen-bond donors (Lipinski definition) is 1. The van der Waals surface area contributed by atoms with E-state index in [1.807, 2.05) is 62.0 Å². The predicted molar refractivity (Wildman–Crippen MR) is 225 cm³/mol. The van der Waals surface area contributed by atoms with Crippen molar-refractivity contribution in [2.45, 2.75) is 56.1 Å². The zero-order valence-electron chi connectivity index (χ0n) is 31.8. The van der Waals surface area contributed by atoms with Crippen LogP contribution in [-0.4, -0.2) is 51.7 Å². The molecule has 0 bridgehead atoms. The molecule has 0 spiro atoms. The SMILES string of the molecule is CCC(O)(CCC1=Cc2cc(Cl)ccc2C(C2CCN(S(C)(=O)=O)CC2)c2ncccc21)c1cn(C(c2ccccc2)(c2ccccc2)c2ccccc2)cn1. The van der Waals surface area contributed by atoms with E-state index in [0.717, 1.165) is 57.5 Å². The lowest BCUT2D eigenvalue weighted by atomic mass is 9.76. The van der Waals surface area contributed by atoms with Crippen LogP contribution in [0.1, 0.15) is 89.7 Å². The van der Waals surface area contributed by atoms with Gasteiger partial charge < -0.3 is 9.67 Å². The molecule has 8 rings (SSSR count). The maximum atomic E-state index is 12.6. The molecule has 9 heteroatoms. The minimum Gasteiger partial charge on any atom is -0.383 e. The number of piperidine rings is 1. The molecule has 1 aliphatic heterocycles. The molecule has 1 saturated heterocycles. The molecule has 56 heavy (non-hydrogen) atoms. The fraction of sp³-hybridized carbons (Fsp3) is 0.277. The summed E-state index contributed by atoms with van der Waals surface area (Å²) in [5.74, 6) is 0.168. The van der Waals surface area contributed by atoms with E-state index in [1.54, 1.807) is 4.31 Å². The zero-order valence-corrected chi connectivity index (χ0v) is 33.4. The van der Waals surface area contributed by atoms with E-state index >= 15 is 0 Å².